The largest absolute Gasteiger partial charge is 0.343 e. The molecule has 0 bridgehead atoms. The maximum atomic E-state index is 11.8. The minimum Gasteiger partial charge on any atom is -0.343 e. The molecule has 1 aliphatic rings. The molecule has 0 aliphatic carbocycles. The van der Waals surface area contributed by atoms with Gasteiger partial charge < -0.3 is 4.57 Å². The van der Waals surface area contributed by atoms with Crippen LogP contribution in [0.3, 0.4) is 0 Å². The van der Waals surface area contributed by atoms with Crippen molar-refractivity contribution in [1.29, 1.82) is 0 Å². The molecule has 4 nitrogen and oxygen atoms in total. The molecule has 126 valence electrons. The van der Waals surface area contributed by atoms with Gasteiger partial charge in [-0.15, -0.1) is 0 Å². The molecule has 1 unspecified atom stereocenters. The molecule has 1 atom stereocenters. The van der Waals surface area contributed by atoms with Crippen LogP contribution in [0.25, 0.3) is 10.9 Å². The zero-order chi connectivity index (χ0) is 17.4. The summed E-state index contributed by atoms with van der Waals surface area (Å²) < 4.78 is 3.29. The number of rotatable bonds is 4. The Morgan fingerprint density at radius 3 is 2.60 bits per heavy atom. The smallest absolute Gasteiger partial charge is 0.286 e. The molecule has 1 saturated heterocycles. The van der Waals surface area contributed by atoms with Crippen molar-refractivity contribution in [3.63, 3.8) is 0 Å². The minimum absolute atomic E-state index is 0.195. The summed E-state index contributed by atoms with van der Waals surface area (Å²) in [6.07, 6.45) is 2.62. The third-order valence-corrected chi connectivity index (χ3v) is 6.13. The van der Waals surface area contributed by atoms with Crippen molar-refractivity contribution in [3.8, 4) is 0 Å². The molecule has 2 heterocycles. The van der Waals surface area contributed by atoms with Gasteiger partial charge in [0.25, 0.3) is 5.24 Å². The Morgan fingerprint density at radius 2 is 1.84 bits per heavy atom. The van der Waals surface area contributed by atoms with Gasteiger partial charge in [-0.3, -0.25) is 14.9 Å². The molecule has 2 amide bonds. The van der Waals surface area contributed by atoms with Crippen LogP contribution in [0, 0.1) is 0 Å². The van der Waals surface area contributed by atoms with Gasteiger partial charge in [0.1, 0.15) is 0 Å². The fourth-order valence-electron chi connectivity index (χ4n) is 3.14. The van der Waals surface area contributed by atoms with Crippen molar-refractivity contribution in [2.45, 2.75) is 18.2 Å². The van der Waals surface area contributed by atoms with E-state index in [0.29, 0.717) is 6.42 Å². The number of benzene rings is 2. The maximum Gasteiger partial charge on any atom is 0.286 e. The number of carbonyl (C=O) groups excluding carboxylic acids is 2. The van der Waals surface area contributed by atoms with Gasteiger partial charge in [0.15, 0.2) is 0 Å². The number of hydrogen-bond donors (Lipinski definition) is 1. The second-order valence-electron chi connectivity index (χ2n) is 5.97. The summed E-state index contributed by atoms with van der Waals surface area (Å²) >= 11 is 4.67. The Labute approximate surface area is 157 Å². The number of hydrogen-bond acceptors (Lipinski definition) is 3. The van der Waals surface area contributed by atoms with Gasteiger partial charge >= 0.3 is 0 Å². The van der Waals surface area contributed by atoms with Crippen LogP contribution in [0.2, 0.25) is 0 Å². The number of nitrogens with zero attached hydrogens (tertiary/aromatic N) is 1. The molecule has 1 aromatic heterocycles. The minimum atomic E-state index is -0.343. The number of nitrogens with one attached hydrogen (secondary N) is 1. The molecule has 1 fully saturated rings. The van der Waals surface area contributed by atoms with Gasteiger partial charge in [0.05, 0.1) is 5.25 Å². The highest BCUT2D eigenvalue weighted by Crippen LogP contribution is 2.28. The van der Waals surface area contributed by atoms with Crippen LogP contribution in [0.5, 0.6) is 0 Å². The molecule has 25 heavy (non-hydrogen) atoms. The molecular weight excluding hydrogens is 400 g/mol. The highest BCUT2D eigenvalue weighted by Gasteiger charge is 2.31. The number of imide groups is 1. The van der Waals surface area contributed by atoms with E-state index < -0.39 is 0 Å². The van der Waals surface area contributed by atoms with Crippen molar-refractivity contribution in [2.75, 3.05) is 0 Å². The lowest BCUT2D eigenvalue weighted by Crippen LogP contribution is -2.25. The first-order valence-electron chi connectivity index (χ1n) is 7.93. The van der Waals surface area contributed by atoms with Crippen LogP contribution >= 0.6 is 27.7 Å². The number of thioether (sulfide) groups is 1. The number of carbonyl (C=O) groups is 2. The van der Waals surface area contributed by atoms with Crippen LogP contribution in [-0.2, 0) is 17.8 Å². The lowest BCUT2D eigenvalue weighted by atomic mass is 10.0. The van der Waals surface area contributed by atoms with E-state index in [1.807, 2.05) is 30.3 Å². The van der Waals surface area contributed by atoms with Gasteiger partial charge in [-0.2, -0.15) is 0 Å². The summed E-state index contributed by atoms with van der Waals surface area (Å²) in [5.41, 5.74) is 3.43. The quantitative estimate of drug-likeness (QED) is 0.690. The number of amides is 2. The van der Waals surface area contributed by atoms with Crippen molar-refractivity contribution in [2.24, 2.45) is 0 Å². The zero-order valence-corrected chi connectivity index (χ0v) is 15.6. The van der Waals surface area contributed by atoms with Crippen molar-refractivity contribution in [1.82, 2.24) is 9.88 Å². The SMILES string of the molecule is O=C1NC(=O)C(Cc2cccc3c2ccn3Cc2ccccc2Br)S1. The third kappa shape index (κ3) is 3.24. The van der Waals surface area contributed by atoms with E-state index >= 15 is 0 Å². The second-order valence-corrected chi connectivity index (χ2v) is 8.00. The van der Waals surface area contributed by atoms with Gasteiger partial charge in [0, 0.05) is 28.1 Å². The highest BCUT2D eigenvalue weighted by atomic mass is 79.9. The first-order chi connectivity index (χ1) is 12.1. The molecule has 0 saturated carbocycles. The Morgan fingerprint density at radius 1 is 1.04 bits per heavy atom. The molecule has 0 spiro atoms. The highest BCUT2D eigenvalue weighted by molar-refractivity contribution is 9.10. The van der Waals surface area contributed by atoms with Crippen LogP contribution in [-0.4, -0.2) is 21.0 Å². The molecule has 2 aromatic carbocycles. The van der Waals surface area contributed by atoms with E-state index in [-0.39, 0.29) is 16.4 Å². The van der Waals surface area contributed by atoms with Gasteiger partial charge in [-0.05, 0) is 35.7 Å². The summed E-state index contributed by atoms with van der Waals surface area (Å²) in [7, 11) is 0. The number of halogens is 1. The molecule has 6 heteroatoms. The van der Waals surface area contributed by atoms with Crippen molar-refractivity contribution < 1.29 is 9.59 Å². The van der Waals surface area contributed by atoms with Crippen LogP contribution in [0.1, 0.15) is 11.1 Å². The monoisotopic (exact) mass is 414 g/mol. The molecule has 1 aliphatic heterocycles. The van der Waals surface area contributed by atoms with Gasteiger partial charge in [-0.25, -0.2) is 0 Å². The Hall–Kier alpha value is -2.05. The van der Waals surface area contributed by atoms with E-state index in [9.17, 15) is 9.59 Å². The molecule has 0 radical (unpaired) electrons. The fourth-order valence-corrected chi connectivity index (χ4v) is 4.40. The predicted molar refractivity (Wildman–Crippen MR) is 104 cm³/mol. The summed E-state index contributed by atoms with van der Waals surface area (Å²) in [6, 6.07) is 16.4. The van der Waals surface area contributed by atoms with E-state index in [2.05, 4.69) is 50.2 Å². The zero-order valence-electron chi connectivity index (χ0n) is 13.2. The Balaban J connectivity index is 1.65. The van der Waals surface area contributed by atoms with E-state index in [1.54, 1.807) is 0 Å². The second kappa shape index (κ2) is 6.69. The summed E-state index contributed by atoms with van der Waals surface area (Å²) in [6.45, 7) is 0.769. The topological polar surface area (TPSA) is 51.1 Å². The fraction of sp³-hybridized carbons (Fsp3) is 0.158. The maximum absolute atomic E-state index is 11.8. The summed E-state index contributed by atoms with van der Waals surface area (Å²) in [5, 5.41) is 2.88. The number of fused-ring (bicyclic) bond motifs is 1. The molecule has 4 rings (SSSR count). The van der Waals surface area contributed by atoms with E-state index in [0.717, 1.165) is 39.2 Å². The van der Waals surface area contributed by atoms with Crippen molar-refractivity contribution >= 4 is 49.7 Å². The number of aromatic nitrogens is 1. The van der Waals surface area contributed by atoms with Gasteiger partial charge in [-0.1, -0.05) is 58.0 Å². The average molecular weight is 415 g/mol. The van der Waals surface area contributed by atoms with E-state index in [4.69, 9.17) is 0 Å². The first-order valence-corrected chi connectivity index (χ1v) is 9.61. The van der Waals surface area contributed by atoms with E-state index in [1.165, 1.54) is 5.56 Å². The van der Waals surface area contributed by atoms with Crippen molar-refractivity contribution in [3.05, 3.63) is 70.3 Å². The lowest BCUT2D eigenvalue weighted by molar-refractivity contribution is -0.118. The third-order valence-electron chi connectivity index (χ3n) is 4.37. The van der Waals surface area contributed by atoms with Gasteiger partial charge in [0.2, 0.25) is 5.91 Å². The molecular formula is C19H15BrN2O2S. The summed E-state index contributed by atoms with van der Waals surface area (Å²) in [4.78, 5) is 23.2. The van der Waals surface area contributed by atoms with Crippen LogP contribution < -0.4 is 5.32 Å². The van der Waals surface area contributed by atoms with Crippen LogP contribution in [0.4, 0.5) is 4.79 Å². The van der Waals surface area contributed by atoms with Crippen LogP contribution in [0.15, 0.2) is 59.2 Å². The lowest BCUT2D eigenvalue weighted by Gasteiger charge is -2.10. The normalized spacial score (nSPS) is 17.2. The predicted octanol–water partition coefficient (Wildman–Crippen LogP) is 4.35. The first kappa shape index (κ1) is 16.4. The molecule has 1 N–H and O–H groups in total. The summed E-state index contributed by atoms with van der Waals surface area (Å²) in [5.74, 6) is -0.195. The standard InChI is InChI=1S/C19H15BrN2O2S/c20-15-6-2-1-4-13(15)11-22-9-8-14-12(5-3-7-16(14)22)10-17-18(23)21-19(24)25-17/h1-9,17H,10-11H2,(H,21,23,24). The Kier molecular flexibility index (Phi) is 4.39. The molecule has 3 aromatic rings. The Bertz CT molecular complexity index is 982. The average Bonchev–Trinajstić information content (AvgIpc) is 3.14.